The van der Waals surface area contributed by atoms with Gasteiger partial charge in [-0.1, -0.05) is 82.9 Å². The van der Waals surface area contributed by atoms with Crippen molar-refractivity contribution in [1.82, 2.24) is 4.31 Å². The Morgan fingerprint density at radius 2 is 1.27 bits per heavy atom. The normalized spacial score (nSPS) is 29.5. The minimum atomic E-state index is -4.21. The molecule has 0 N–H and O–H groups in total. The standard InChI is InChI=1S/C40H38N2O4S2/c1-25-5-11-29(12-6-25)47(43,44)41-24-40-36-22-28(4)10-16-32(36)35-18-20-39(35,40)38-19-17-34(38)31-15-9-27(3)21-33(31)37(38)23-42(40)48(45,46)30-13-7-26(2)8-14-30/h5-16,21-24,34-35H,17-20H2,1-4H3/b41-24-/t34-,35+,38+,39+,40+/m1/s1. The van der Waals surface area contributed by atoms with Crippen molar-refractivity contribution in [1.29, 1.82) is 0 Å². The molecule has 8 heteroatoms. The van der Waals surface area contributed by atoms with E-state index in [0.717, 1.165) is 70.2 Å². The van der Waals surface area contributed by atoms with Crippen LogP contribution in [-0.2, 0) is 25.6 Å². The highest BCUT2D eigenvalue weighted by atomic mass is 32.2. The van der Waals surface area contributed by atoms with Gasteiger partial charge in [0.2, 0.25) is 0 Å². The smallest absolute Gasteiger partial charge is 0.256 e. The van der Waals surface area contributed by atoms with E-state index in [-0.39, 0.29) is 27.0 Å². The summed E-state index contributed by atoms with van der Waals surface area (Å²) in [5.74, 6) is 0.280. The molecule has 9 rings (SSSR count). The van der Waals surface area contributed by atoms with E-state index in [9.17, 15) is 8.42 Å². The molecule has 0 aromatic heterocycles. The lowest BCUT2D eigenvalue weighted by atomic mass is 9.34. The topological polar surface area (TPSA) is 83.9 Å². The summed E-state index contributed by atoms with van der Waals surface area (Å²) in [5, 5.41) is 0. The van der Waals surface area contributed by atoms with Crippen molar-refractivity contribution >= 4 is 31.8 Å². The maximum absolute atomic E-state index is 15.3. The van der Waals surface area contributed by atoms with Gasteiger partial charge in [-0.25, -0.2) is 8.42 Å². The third-order valence-corrected chi connectivity index (χ3v) is 15.6. The van der Waals surface area contributed by atoms with Crippen molar-refractivity contribution in [3.63, 3.8) is 0 Å². The molecule has 0 radical (unpaired) electrons. The Morgan fingerprint density at radius 1 is 0.688 bits per heavy atom. The molecule has 2 spiro atoms. The molecule has 48 heavy (non-hydrogen) atoms. The quantitative estimate of drug-likeness (QED) is 0.201. The van der Waals surface area contributed by atoms with Crippen LogP contribution in [0.25, 0.3) is 5.57 Å². The Morgan fingerprint density at radius 3 is 1.88 bits per heavy atom. The molecule has 2 saturated carbocycles. The van der Waals surface area contributed by atoms with Crippen LogP contribution in [-0.4, -0.2) is 27.4 Å². The third kappa shape index (κ3) is 3.45. The summed E-state index contributed by atoms with van der Waals surface area (Å²) in [5.41, 5.74) is 7.14. The van der Waals surface area contributed by atoms with Crippen molar-refractivity contribution < 1.29 is 16.8 Å². The number of hydrogen-bond acceptors (Lipinski definition) is 4. The molecule has 0 amide bonds. The maximum Gasteiger partial charge on any atom is 0.282 e. The Kier molecular flexibility index (Phi) is 6.00. The fraction of sp³-hybridized carbons (Fsp3) is 0.325. The predicted molar refractivity (Wildman–Crippen MR) is 188 cm³/mol. The first-order valence-electron chi connectivity index (χ1n) is 16.8. The summed E-state index contributed by atoms with van der Waals surface area (Å²) in [4.78, 5) is 0.264. The van der Waals surface area contributed by atoms with Gasteiger partial charge in [0.05, 0.1) is 9.79 Å². The number of allylic oxidation sites excluding steroid dienone is 1. The molecule has 244 valence electrons. The molecule has 4 aliphatic carbocycles. The highest BCUT2D eigenvalue weighted by molar-refractivity contribution is 7.90. The summed E-state index contributed by atoms with van der Waals surface area (Å²) in [6, 6.07) is 26.6. The first-order chi connectivity index (χ1) is 22.9. The van der Waals surface area contributed by atoms with Gasteiger partial charge in [0.25, 0.3) is 20.0 Å². The van der Waals surface area contributed by atoms with E-state index in [1.807, 2.05) is 39.1 Å². The lowest BCUT2D eigenvalue weighted by Gasteiger charge is -2.72. The number of nitrogens with zero attached hydrogens (tertiary/aromatic N) is 2. The Hall–Kier alpha value is -4.01. The van der Waals surface area contributed by atoms with Crippen LogP contribution in [0.4, 0.5) is 0 Å². The van der Waals surface area contributed by atoms with Crippen LogP contribution in [0.3, 0.4) is 0 Å². The zero-order valence-corrected chi connectivity index (χ0v) is 29.2. The summed E-state index contributed by atoms with van der Waals surface area (Å²) < 4.78 is 64.7. The molecule has 1 aliphatic heterocycles. The van der Waals surface area contributed by atoms with Crippen LogP contribution in [0.2, 0.25) is 0 Å². The van der Waals surface area contributed by atoms with E-state index >= 15 is 8.42 Å². The summed E-state index contributed by atoms with van der Waals surface area (Å²) in [6.07, 6.45) is 7.02. The molecule has 5 aliphatic rings. The van der Waals surface area contributed by atoms with Gasteiger partial charge in [0, 0.05) is 23.2 Å². The first kappa shape index (κ1) is 30.1. The van der Waals surface area contributed by atoms with Crippen molar-refractivity contribution in [3.05, 3.63) is 136 Å². The van der Waals surface area contributed by atoms with Gasteiger partial charge in [-0.15, -0.1) is 0 Å². The Labute approximate surface area is 283 Å². The Bertz CT molecular complexity index is 2340. The van der Waals surface area contributed by atoms with E-state index < -0.39 is 31.0 Å². The van der Waals surface area contributed by atoms with Crippen molar-refractivity contribution in [2.75, 3.05) is 0 Å². The van der Waals surface area contributed by atoms with E-state index in [4.69, 9.17) is 0 Å². The molecule has 0 bridgehead atoms. The highest BCUT2D eigenvalue weighted by Gasteiger charge is 2.83. The number of benzene rings is 4. The second-order valence-corrected chi connectivity index (χ2v) is 18.2. The zero-order valence-electron chi connectivity index (χ0n) is 27.6. The average molecular weight is 675 g/mol. The largest absolute Gasteiger partial charge is 0.282 e. The molecular formula is C40H38N2O4S2. The van der Waals surface area contributed by atoms with Gasteiger partial charge in [0.15, 0.2) is 0 Å². The summed E-state index contributed by atoms with van der Waals surface area (Å²) >= 11 is 0. The highest BCUT2D eigenvalue weighted by Crippen LogP contribution is 2.88. The summed E-state index contributed by atoms with van der Waals surface area (Å²) in [7, 11) is -8.37. The molecular weight excluding hydrogens is 637 g/mol. The van der Waals surface area contributed by atoms with Crippen molar-refractivity contribution in [3.8, 4) is 0 Å². The van der Waals surface area contributed by atoms with E-state index in [0.29, 0.717) is 0 Å². The lowest BCUT2D eigenvalue weighted by Crippen LogP contribution is -2.71. The van der Waals surface area contributed by atoms with Crippen molar-refractivity contribution in [2.24, 2.45) is 15.2 Å². The number of sulfonamides is 2. The minimum absolute atomic E-state index is 0.0549. The Balaban J connectivity index is 1.40. The molecule has 2 fully saturated rings. The van der Waals surface area contributed by atoms with E-state index in [1.54, 1.807) is 40.7 Å². The van der Waals surface area contributed by atoms with Gasteiger partial charge < -0.3 is 0 Å². The lowest BCUT2D eigenvalue weighted by molar-refractivity contribution is -0.140. The van der Waals surface area contributed by atoms with Gasteiger partial charge in [0.1, 0.15) is 5.54 Å². The minimum Gasteiger partial charge on any atom is -0.256 e. The van der Waals surface area contributed by atoms with Crippen LogP contribution in [0.15, 0.2) is 105 Å². The molecule has 0 unspecified atom stereocenters. The fourth-order valence-electron chi connectivity index (χ4n) is 10.4. The summed E-state index contributed by atoms with van der Waals surface area (Å²) in [6.45, 7) is 7.95. The number of rotatable bonds is 5. The van der Waals surface area contributed by atoms with Crippen LogP contribution >= 0.6 is 0 Å². The number of fused-ring (bicyclic) bond motifs is 6. The monoisotopic (exact) mass is 674 g/mol. The van der Waals surface area contributed by atoms with Crippen LogP contribution in [0.5, 0.6) is 0 Å². The van der Waals surface area contributed by atoms with E-state index in [2.05, 4.69) is 47.7 Å². The SMILES string of the molecule is Cc1ccc(S(=O)(=O)/N=C\[C@]23c4cc(C)ccc4[C@@H]4CC[C@@]42[C@@]24CC[C@@H]2c2ccc(C)cc2C4=CN3S(=O)(=O)c2ccc(C)cc2)cc1. The second-order valence-electron chi connectivity index (χ2n) is 14.8. The van der Waals surface area contributed by atoms with Crippen molar-refractivity contribution in [2.45, 2.75) is 80.5 Å². The number of hydrogen-bond donors (Lipinski definition) is 0. The van der Waals surface area contributed by atoms with Crippen LogP contribution in [0.1, 0.15) is 82.0 Å². The molecule has 4 aromatic carbocycles. The van der Waals surface area contributed by atoms with Crippen LogP contribution < -0.4 is 0 Å². The maximum atomic E-state index is 15.3. The van der Waals surface area contributed by atoms with Crippen LogP contribution in [0, 0.1) is 38.5 Å². The van der Waals surface area contributed by atoms with Gasteiger partial charge in [-0.3, -0.25) is 4.31 Å². The second kappa shape index (κ2) is 9.57. The third-order valence-electron chi connectivity index (χ3n) is 12.5. The first-order valence-corrected chi connectivity index (χ1v) is 19.7. The zero-order chi connectivity index (χ0) is 33.4. The fourth-order valence-corrected chi connectivity index (χ4v) is 12.9. The molecule has 6 nitrogen and oxygen atoms in total. The van der Waals surface area contributed by atoms with Gasteiger partial charge in [-0.05, 0) is 117 Å². The molecule has 5 atom stereocenters. The van der Waals surface area contributed by atoms with Gasteiger partial charge in [-0.2, -0.15) is 12.8 Å². The molecule has 4 aromatic rings. The molecule has 0 saturated heterocycles. The molecule has 1 heterocycles. The predicted octanol–water partition coefficient (Wildman–Crippen LogP) is 8.08. The van der Waals surface area contributed by atoms with Gasteiger partial charge >= 0.3 is 0 Å². The van der Waals surface area contributed by atoms with E-state index in [1.165, 1.54) is 11.8 Å². The number of aryl methyl sites for hydroxylation is 4. The average Bonchev–Trinajstić information content (AvgIpc) is 3.32.